The second-order valence-corrected chi connectivity index (χ2v) is 5.58. The zero-order chi connectivity index (χ0) is 13.1. The molecule has 1 aliphatic rings. The van der Waals surface area contributed by atoms with Crippen molar-refractivity contribution in [2.24, 2.45) is 0 Å². The summed E-state index contributed by atoms with van der Waals surface area (Å²) in [6.07, 6.45) is 2.29. The van der Waals surface area contributed by atoms with E-state index in [2.05, 4.69) is 39.8 Å². The number of alkyl halides is 1. The van der Waals surface area contributed by atoms with Crippen LogP contribution >= 0.6 is 15.9 Å². The molecule has 1 heterocycles. The summed E-state index contributed by atoms with van der Waals surface area (Å²) in [7, 11) is 4.24. The summed E-state index contributed by atoms with van der Waals surface area (Å²) in [4.78, 5) is 4.59. The molecular formula is C14H20BrFN2. The minimum Gasteiger partial charge on any atom is -0.371 e. The molecule has 100 valence electrons. The van der Waals surface area contributed by atoms with Gasteiger partial charge in [-0.3, -0.25) is 0 Å². The Hall–Kier alpha value is -0.610. The standard InChI is InChI=1S/C14H20BrFN2/c1-17-8-6-11(7-9-17)18(2)14-5-3-4-13(16)12(14)10-15/h3-5,11H,6-10H2,1-2H3. The third-order valence-electron chi connectivity index (χ3n) is 3.84. The summed E-state index contributed by atoms with van der Waals surface area (Å²) < 4.78 is 13.8. The number of nitrogens with zero attached hydrogens (tertiary/aromatic N) is 2. The fourth-order valence-electron chi connectivity index (χ4n) is 2.59. The molecule has 0 unspecified atom stereocenters. The molecule has 4 heteroatoms. The molecule has 0 spiro atoms. The van der Waals surface area contributed by atoms with Crippen LogP contribution in [0.15, 0.2) is 18.2 Å². The Labute approximate surface area is 117 Å². The average Bonchev–Trinajstić information content (AvgIpc) is 2.38. The minimum atomic E-state index is -0.121. The van der Waals surface area contributed by atoms with Crippen molar-refractivity contribution in [2.45, 2.75) is 24.2 Å². The molecule has 0 bridgehead atoms. The first-order valence-electron chi connectivity index (χ1n) is 6.38. The Kier molecular flexibility index (Phi) is 4.62. The summed E-state index contributed by atoms with van der Waals surface area (Å²) >= 11 is 3.39. The summed E-state index contributed by atoms with van der Waals surface area (Å²) in [6, 6.07) is 5.85. The fourth-order valence-corrected chi connectivity index (χ4v) is 3.14. The van der Waals surface area contributed by atoms with E-state index in [1.807, 2.05) is 6.07 Å². The van der Waals surface area contributed by atoms with Crippen LogP contribution in [0.25, 0.3) is 0 Å². The topological polar surface area (TPSA) is 6.48 Å². The van der Waals surface area contributed by atoms with Crippen molar-refractivity contribution in [3.63, 3.8) is 0 Å². The second-order valence-electron chi connectivity index (χ2n) is 5.02. The van der Waals surface area contributed by atoms with Gasteiger partial charge < -0.3 is 9.80 Å². The van der Waals surface area contributed by atoms with Gasteiger partial charge in [-0.2, -0.15) is 0 Å². The molecule has 0 aliphatic carbocycles. The highest BCUT2D eigenvalue weighted by atomic mass is 79.9. The van der Waals surface area contributed by atoms with E-state index in [9.17, 15) is 4.39 Å². The van der Waals surface area contributed by atoms with Gasteiger partial charge in [0.25, 0.3) is 0 Å². The Morgan fingerprint density at radius 1 is 1.39 bits per heavy atom. The molecule has 18 heavy (non-hydrogen) atoms. The van der Waals surface area contributed by atoms with Gasteiger partial charge in [0.15, 0.2) is 0 Å². The van der Waals surface area contributed by atoms with Crippen LogP contribution in [0.4, 0.5) is 10.1 Å². The highest BCUT2D eigenvalue weighted by Gasteiger charge is 2.22. The number of hydrogen-bond donors (Lipinski definition) is 0. The SMILES string of the molecule is CN1CCC(N(C)c2cccc(F)c2CBr)CC1. The van der Waals surface area contributed by atoms with Crippen LogP contribution in [0, 0.1) is 5.82 Å². The maximum Gasteiger partial charge on any atom is 0.129 e. The van der Waals surface area contributed by atoms with Crippen LogP contribution in [0.3, 0.4) is 0 Å². The van der Waals surface area contributed by atoms with Gasteiger partial charge in [0, 0.05) is 29.7 Å². The van der Waals surface area contributed by atoms with E-state index >= 15 is 0 Å². The monoisotopic (exact) mass is 314 g/mol. The Balaban J connectivity index is 2.18. The number of rotatable bonds is 3. The lowest BCUT2D eigenvalue weighted by Gasteiger charge is -2.37. The lowest BCUT2D eigenvalue weighted by molar-refractivity contribution is 0.252. The molecule has 2 nitrogen and oxygen atoms in total. The maximum atomic E-state index is 13.8. The third-order valence-corrected chi connectivity index (χ3v) is 4.40. The number of likely N-dealkylation sites (tertiary alicyclic amines) is 1. The van der Waals surface area contributed by atoms with Crippen molar-refractivity contribution in [2.75, 3.05) is 32.1 Å². The van der Waals surface area contributed by atoms with E-state index in [-0.39, 0.29) is 5.82 Å². The smallest absolute Gasteiger partial charge is 0.129 e. The van der Waals surface area contributed by atoms with Crippen LogP contribution in [-0.4, -0.2) is 38.1 Å². The van der Waals surface area contributed by atoms with Crippen LogP contribution in [0.1, 0.15) is 18.4 Å². The predicted octanol–water partition coefficient (Wildman–Crippen LogP) is 3.25. The zero-order valence-electron chi connectivity index (χ0n) is 11.0. The highest BCUT2D eigenvalue weighted by Crippen LogP contribution is 2.28. The van der Waals surface area contributed by atoms with E-state index < -0.39 is 0 Å². The van der Waals surface area contributed by atoms with E-state index in [1.165, 1.54) is 6.07 Å². The van der Waals surface area contributed by atoms with Gasteiger partial charge in [-0.25, -0.2) is 4.39 Å². The Morgan fingerprint density at radius 3 is 2.67 bits per heavy atom. The van der Waals surface area contributed by atoms with Crippen molar-refractivity contribution < 1.29 is 4.39 Å². The zero-order valence-corrected chi connectivity index (χ0v) is 12.6. The largest absolute Gasteiger partial charge is 0.371 e. The lowest BCUT2D eigenvalue weighted by atomic mass is 10.0. The van der Waals surface area contributed by atoms with E-state index in [0.717, 1.165) is 37.2 Å². The Bertz CT molecular complexity index is 403. The molecule has 0 radical (unpaired) electrons. The second kappa shape index (κ2) is 6.02. The first-order chi connectivity index (χ1) is 8.63. The van der Waals surface area contributed by atoms with Crippen LogP contribution in [-0.2, 0) is 5.33 Å². The summed E-state index contributed by atoms with van der Waals surface area (Å²) in [5.74, 6) is -0.121. The molecule has 0 N–H and O–H groups in total. The number of piperidine rings is 1. The summed E-state index contributed by atoms with van der Waals surface area (Å²) in [5.41, 5.74) is 1.78. The van der Waals surface area contributed by atoms with Gasteiger partial charge >= 0.3 is 0 Å². The van der Waals surface area contributed by atoms with Gasteiger partial charge in [-0.15, -0.1) is 0 Å². The molecule has 1 saturated heterocycles. The quantitative estimate of drug-likeness (QED) is 0.790. The van der Waals surface area contributed by atoms with Crippen LogP contribution in [0.2, 0.25) is 0 Å². The Morgan fingerprint density at radius 2 is 2.06 bits per heavy atom. The normalized spacial score (nSPS) is 18.0. The van der Waals surface area contributed by atoms with E-state index in [4.69, 9.17) is 0 Å². The molecule has 0 aromatic heterocycles. The van der Waals surface area contributed by atoms with Crippen molar-refractivity contribution in [1.82, 2.24) is 4.90 Å². The lowest BCUT2D eigenvalue weighted by Crippen LogP contribution is -2.42. The number of benzene rings is 1. The van der Waals surface area contributed by atoms with Gasteiger partial charge in [-0.1, -0.05) is 22.0 Å². The van der Waals surface area contributed by atoms with Crippen molar-refractivity contribution in [3.05, 3.63) is 29.6 Å². The van der Waals surface area contributed by atoms with Gasteiger partial charge in [0.1, 0.15) is 5.82 Å². The molecule has 1 aromatic rings. The van der Waals surface area contributed by atoms with Gasteiger partial charge in [0.05, 0.1) is 0 Å². The predicted molar refractivity (Wildman–Crippen MR) is 78.0 cm³/mol. The average molecular weight is 315 g/mol. The molecule has 0 amide bonds. The minimum absolute atomic E-state index is 0.121. The van der Waals surface area contributed by atoms with Crippen LogP contribution in [0.5, 0.6) is 0 Å². The fraction of sp³-hybridized carbons (Fsp3) is 0.571. The highest BCUT2D eigenvalue weighted by molar-refractivity contribution is 9.08. The van der Waals surface area contributed by atoms with E-state index in [1.54, 1.807) is 6.07 Å². The van der Waals surface area contributed by atoms with Gasteiger partial charge in [-0.05, 0) is 45.1 Å². The number of halogens is 2. The first kappa shape index (κ1) is 13.8. The van der Waals surface area contributed by atoms with E-state index in [0.29, 0.717) is 11.4 Å². The van der Waals surface area contributed by atoms with Crippen molar-refractivity contribution in [3.8, 4) is 0 Å². The van der Waals surface area contributed by atoms with Crippen LogP contribution < -0.4 is 4.90 Å². The summed E-state index contributed by atoms with van der Waals surface area (Å²) in [5, 5.41) is 0.561. The molecule has 0 atom stereocenters. The van der Waals surface area contributed by atoms with Crippen molar-refractivity contribution in [1.29, 1.82) is 0 Å². The van der Waals surface area contributed by atoms with Crippen molar-refractivity contribution >= 4 is 21.6 Å². The summed E-state index contributed by atoms with van der Waals surface area (Å²) in [6.45, 7) is 2.24. The molecule has 1 fully saturated rings. The molecule has 0 saturated carbocycles. The molecular weight excluding hydrogens is 295 g/mol. The maximum absolute atomic E-state index is 13.8. The molecule has 1 aliphatic heterocycles. The number of anilines is 1. The molecule has 1 aromatic carbocycles. The molecule has 2 rings (SSSR count). The number of hydrogen-bond acceptors (Lipinski definition) is 2. The first-order valence-corrected chi connectivity index (χ1v) is 7.50. The van der Waals surface area contributed by atoms with Gasteiger partial charge in [0.2, 0.25) is 0 Å². The third kappa shape index (κ3) is 2.86.